The molecule has 0 saturated heterocycles. The predicted molar refractivity (Wildman–Crippen MR) is 98.9 cm³/mol. The highest BCUT2D eigenvalue weighted by Gasteiger charge is 2.31. The van der Waals surface area contributed by atoms with Crippen molar-refractivity contribution in [2.75, 3.05) is 4.90 Å². The maximum Gasteiger partial charge on any atom is 0.236 e. The topological polar surface area (TPSA) is 44.1 Å². The van der Waals surface area contributed by atoms with Crippen LogP contribution in [0.5, 0.6) is 0 Å². The summed E-state index contributed by atoms with van der Waals surface area (Å²) < 4.78 is 0. The van der Waals surface area contributed by atoms with Crippen LogP contribution in [0.25, 0.3) is 11.1 Å². The Balaban J connectivity index is 1.91. The van der Waals surface area contributed by atoms with Crippen molar-refractivity contribution in [1.29, 1.82) is 5.26 Å². The molecule has 4 heteroatoms. The molecular weight excluding hydrogens is 332 g/mol. The minimum atomic E-state index is 0.00388. The Labute approximate surface area is 150 Å². The predicted octanol–water partition coefficient (Wildman–Crippen LogP) is 5.10. The molecule has 1 amide bonds. The molecule has 1 aliphatic rings. The van der Waals surface area contributed by atoms with Gasteiger partial charge in [-0.2, -0.15) is 5.26 Å². The number of nitriles is 1. The summed E-state index contributed by atoms with van der Waals surface area (Å²) in [6, 6.07) is 22.7. The standard InChI is InChI=1S/C21H13ClN2O/c22-18-6-3-5-17(15-10-8-14(13-23)9-11-15)21(18)24-19-7-2-1-4-16(19)12-20(24)25/h1-11H,12H2. The minimum Gasteiger partial charge on any atom is -0.278 e. The summed E-state index contributed by atoms with van der Waals surface area (Å²) in [5, 5.41) is 9.51. The van der Waals surface area contributed by atoms with Gasteiger partial charge in [-0.3, -0.25) is 9.69 Å². The van der Waals surface area contributed by atoms with Gasteiger partial charge >= 0.3 is 0 Å². The van der Waals surface area contributed by atoms with Gasteiger partial charge in [-0.1, -0.05) is 54.1 Å². The molecule has 1 aliphatic heterocycles. The van der Waals surface area contributed by atoms with Crippen molar-refractivity contribution < 1.29 is 4.79 Å². The van der Waals surface area contributed by atoms with Gasteiger partial charge in [0.2, 0.25) is 5.91 Å². The van der Waals surface area contributed by atoms with Gasteiger partial charge in [-0.25, -0.2) is 0 Å². The molecule has 0 fully saturated rings. The Morgan fingerprint density at radius 1 is 0.960 bits per heavy atom. The van der Waals surface area contributed by atoms with Crippen LogP contribution >= 0.6 is 11.6 Å². The molecule has 4 rings (SSSR count). The molecule has 3 aromatic rings. The van der Waals surface area contributed by atoms with Crippen LogP contribution in [0.3, 0.4) is 0 Å². The van der Waals surface area contributed by atoms with Crippen LogP contribution in [0.4, 0.5) is 11.4 Å². The Kier molecular flexibility index (Phi) is 3.76. The van der Waals surface area contributed by atoms with E-state index < -0.39 is 0 Å². The second-order valence-corrected chi connectivity index (χ2v) is 6.27. The number of fused-ring (bicyclic) bond motifs is 1. The smallest absolute Gasteiger partial charge is 0.236 e. The zero-order valence-electron chi connectivity index (χ0n) is 13.2. The lowest BCUT2D eigenvalue weighted by molar-refractivity contribution is -0.116. The maximum absolute atomic E-state index is 12.7. The molecule has 0 radical (unpaired) electrons. The fraction of sp³-hybridized carbons (Fsp3) is 0.0476. The number of hydrogen-bond acceptors (Lipinski definition) is 2. The highest BCUT2D eigenvalue weighted by atomic mass is 35.5. The first-order chi connectivity index (χ1) is 12.2. The molecule has 0 unspecified atom stereocenters. The molecule has 0 atom stereocenters. The van der Waals surface area contributed by atoms with E-state index in [1.807, 2.05) is 48.5 Å². The number of nitrogens with zero attached hydrogens (tertiary/aromatic N) is 2. The lowest BCUT2D eigenvalue weighted by Crippen LogP contribution is -2.21. The second kappa shape index (κ2) is 6.08. The van der Waals surface area contributed by atoms with Crippen LogP contribution < -0.4 is 4.90 Å². The minimum absolute atomic E-state index is 0.00388. The molecule has 0 aliphatic carbocycles. The highest BCUT2D eigenvalue weighted by Crippen LogP contribution is 2.44. The summed E-state index contributed by atoms with van der Waals surface area (Å²) in [6.07, 6.45) is 0.369. The van der Waals surface area contributed by atoms with Crippen LogP contribution in [-0.2, 0) is 11.2 Å². The van der Waals surface area contributed by atoms with Gasteiger partial charge in [0.15, 0.2) is 0 Å². The fourth-order valence-corrected chi connectivity index (χ4v) is 3.46. The number of amides is 1. The number of benzene rings is 3. The summed E-state index contributed by atoms with van der Waals surface area (Å²) in [4.78, 5) is 14.4. The van der Waals surface area contributed by atoms with Gasteiger partial charge in [0, 0.05) is 5.56 Å². The average Bonchev–Trinajstić information content (AvgIpc) is 2.97. The van der Waals surface area contributed by atoms with Gasteiger partial charge < -0.3 is 0 Å². The van der Waals surface area contributed by atoms with Crippen LogP contribution in [0, 0.1) is 11.3 Å². The van der Waals surface area contributed by atoms with Gasteiger partial charge in [0.1, 0.15) is 0 Å². The number of para-hydroxylation sites is 2. The van der Waals surface area contributed by atoms with E-state index >= 15 is 0 Å². The van der Waals surface area contributed by atoms with E-state index in [-0.39, 0.29) is 5.91 Å². The quantitative estimate of drug-likeness (QED) is 0.649. The highest BCUT2D eigenvalue weighted by molar-refractivity contribution is 6.35. The lowest BCUT2D eigenvalue weighted by atomic mass is 10.0. The molecule has 3 aromatic carbocycles. The number of anilines is 2. The van der Waals surface area contributed by atoms with E-state index in [4.69, 9.17) is 16.9 Å². The Bertz CT molecular complexity index is 1020. The van der Waals surface area contributed by atoms with Crippen LogP contribution in [0.1, 0.15) is 11.1 Å². The zero-order chi connectivity index (χ0) is 17.4. The Morgan fingerprint density at radius 2 is 1.72 bits per heavy atom. The van der Waals surface area contributed by atoms with Crippen LogP contribution in [0.2, 0.25) is 5.02 Å². The Morgan fingerprint density at radius 3 is 2.48 bits per heavy atom. The maximum atomic E-state index is 12.7. The van der Waals surface area contributed by atoms with Crippen molar-refractivity contribution >= 4 is 28.9 Å². The van der Waals surface area contributed by atoms with Crippen molar-refractivity contribution in [3.63, 3.8) is 0 Å². The molecule has 25 heavy (non-hydrogen) atoms. The van der Waals surface area contributed by atoms with Crippen molar-refractivity contribution in [2.45, 2.75) is 6.42 Å². The third-order valence-corrected chi connectivity index (χ3v) is 4.66. The molecule has 0 bridgehead atoms. The van der Waals surface area contributed by atoms with E-state index in [9.17, 15) is 4.79 Å². The van der Waals surface area contributed by atoms with Gasteiger partial charge in [-0.05, 0) is 35.4 Å². The molecule has 120 valence electrons. The van der Waals surface area contributed by atoms with Crippen molar-refractivity contribution in [3.8, 4) is 17.2 Å². The number of hydrogen-bond donors (Lipinski definition) is 0. The van der Waals surface area contributed by atoms with Crippen molar-refractivity contribution in [3.05, 3.63) is 82.9 Å². The monoisotopic (exact) mass is 344 g/mol. The Hall–Kier alpha value is -3.09. The van der Waals surface area contributed by atoms with Crippen molar-refractivity contribution in [1.82, 2.24) is 0 Å². The SMILES string of the molecule is N#Cc1ccc(-c2cccc(Cl)c2N2C(=O)Cc3ccccc32)cc1. The molecule has 0 aromatic heterocycles. The van der Waals surface area contributed by atoms with E-state index in [1.54, 1.807) is 23.1 Å². The number of rotatable bonds is 2. The summed E-state index contributed by atoms with van der Waals surface area (Å²) in [5.74, 6) is 0.00388. The molecule has 0 spiro atoms. The summed E-state index contributed by atoms with van der Waals surface area (Å²) in [6.45, 7) is 0. The third kappa shape index (κ3) is 2.57. The molecular formula is C21H13ClN2O. The zero-order valence-corrected chi connectivity index (χ0v) is 14.0. The number of halogens is 1. The first-order valence-corrected chi connectivity index (χ1v) is 8.27. The van der Waals surface area contributed by atoms with E-state index in [1.165, 1.54) is 0 Å². The van der Waals surface area contributed by atoms with Crippen molar-refractivity contribution in [2.24, 2.45) is 0 Å². The summed E-state index contributed by atoms with van der Waals surface area (Å²) in [5.41, 5.74) is 4.92. The van der Waals surface area contributed by atoms with Gasteiger partial charge in [0.25, 0.3) is 0 Å². The first kappa shape index (κ1) is 15.4. The molecule has 0 saturated carbocycles. The molecule has 1 heterocycles. The second-order valence-electron chi connectivity index (χ2n) is 5.86. The first-order valence-electron chi connectivity index (χ1n) is 7.89. The number of carbonyl (C=O) groups excluding carboxylic acids is 1. The summed E-state index contributed by atoms with van der Waals surface area (Å²) in [7, 11) is 0. The summed E-state index contributed by atoms with van der Waals surface area (Å²) >= 11 is 6.50. The van der Waals surface area contributed by atoms with Crippen LogP contribution in [-0.4, -0.2) is 5.91 Å². The van der Waals surface area contributed by atoms with Crippen LogP contribution in [0.15, 0.2) is 66.7 Å². The van der Waals surface area contributed by atoms with Gasteiger partial charge in [0.05, 0.1) is 34.5 Å². The number of carbonyl (C=O) groups is 1. The van der Waals surface area contributed by atoms with E-state index in [0.717, 1.165) is 22.4 Å². The average molecular weight is 345 g/mol. The van der Waals surface area contributed by atoms with E-state index in [0.29, 0.717) is 22.7 Å². The molecule has 3 nitrogen and oxygen atoms in total. The van der Waals surface area contributed by atoms with E-state index in [2.05, 4.69) is 6.07 Å². The normalized spacial score (nSPS) is 12.8. The fourth-order valence-electron chi connectivity index (χ4n) is 3.20. The molecule has 0 N–H and O–H groups in total. The largest absolute Gasteiger partial charge is 0.278 e. The lowest BCUT2D eigenvalue weighted by Gasteiger charge is -2.22. The third-order valence-electron chi connectivity index (χ3n) is 4.36. The van der Waals surface area contributed by atoms with Gasteiger partial charge in [-0.15, -0.1) is 0 Å².